The summed E-state index contributed by atoms with van der Waals surface area (Å²) in [6, 6.07) is 26.3. The molecule has 5 rings (SSSR count). The van der Waals surface area contributed by atoms with Gasteiger partial charge in [0.1, 0.15) is 18.3 Å². The van der Waals surface area contributed by atoms with Crippen molar-refractivity contribution in [3.05, 3.63) is 123 Å². The topological polar surface area (TPSA) is 96.0 Å². The lowest BCUT2D eigenvalue weighted by Gasteiger charge is -2.35. The summed E-state index contributed by atoms with van der Waals surface area (Å²) in [4.78, 5) is 30.5. The molecule has 0 saturated heterocycles. The third kappa shape index (κ3) is 9.81. The minimum Gasteiger partial charge on any atom is -0.494 e. The minimum atomic E-state index is -4.25. The van der Waals surface area contributed by atoms with Gasteiger partial charge in [0, 0.05) is 23.5 Å². The summed E-state index contributed by atoms with van der Waals surface area (Å²) in [5.74, 6) is -0.296. The Balaban J connectivity index is 1.57. The first kappa shape index (κ1) is 37.7. The summed E-state index contributed by atoms with van der Waals surface area (Å²) >= 11 is 16.0. The first-order valence-electron chi connectivity index (χ1n) is 16.6. The average Bonchev–Trinajstić information content (AvgIpc) is 3.11. The molecule has 264 valence electrons. The van der Waals surface area contributed by atoms with E-state index in [4.69, 9.17) is 27.9 Å². The van der Waals surface area contributed by atoms with E-state index in [1.807, 2.05) is 37.3 Å². The van der Waals surface area contributed by atoms with Gasteiger partial charge in [-0.2, -0.15) is 0 Å². The Kier molecular flexibility index (Phi) is 13.2. The van der Waals surface area contributed by atoms with Crippen LogP contribution in [0.15, 0.2) is 106 Å². The number of halogens is 3. The van der Waals surface area contributed by atoms with E-state index in [9.17, 15) is 18.0 Å². The Morgan fingerprint density at radius 3 is 2.20 bits per heavy atom. The number of nitrogens with one attached hydrogen (secondary N) is 1. The van der Waals surface area contributed by atoms with Crippen molar-refractivity contribution in [2.45, 2.75) is 69.0 Å². The number of hydrogen-bond acceptors (Lipinski definition) is 5. The van der Waals surface area contributed by atoms with E-state index >= 15 is 0 Å². The van der Waals surface area contributed by atoms with Crippen LogP contribution < -0.4 is 14.4 Å². The van der Waals surface area contributed by atoms with Crippen molar-refractivity contribution in [1.29, 1.82) is 0 Å². The lowest BCUT2D eigenvalue weighted by molar-refractivity contribution is -0.140. The highest BCUT2D eigenvalue weighted by Crippen LogP contribution is 2.29. The molecule has 50 heavy (non-hydrogen) atoms. The lowest BCUT2D eigenvalue weighted by atomic mass is 9.94. The Bertz CT molecular complexity index is 1860. The van der Waals surface area contributed by atoms with Gasteiger partial charge < -0.3 is 15.0 Å². The molecule has 1 N–H and O–H groups in total. The highest BCUT2D eigenvalue weighted by molar-refractivity contribution is 9.10. The zero-order valence-electron chi connectivity index (χ0n) is 27.7. The number of anilines is 1. The van der Waals surface area contributed by atoms with E-state index in [0.717, 1.165) is 42.0 Å². The number of hydrogen-bond donors (Lipinski definition) is 1. The zero-order chi connectivity index (χ0) is 35.7. The summed E-state index contributed by atoms with van der Waals surface area (Å²) in [6.45, 7) is 1.71. The molecular formula is C38H40BrCl2N3O5S. The van der Waals surface area contributed by atoms with Crippen molar-refractivity contribution >= 4 is 66.7 Å². The van der Waals surface area contributed by atoms with Gasteiger partial charge in [-0.3, -0.25) is 13.9 Å². The van der Waals surface area contributed by atoms with Gasteiger partial charge in [-0.15, -0.1) is 0 Å². The molecule has 0 spiro atoms. The first-order valence-corrected chi connectivity index (χ1v) is 19.6. The monoisotopic (exact) mass is 799 g/mol. The van der Waals surface area contributed by atoms with Crippen molar-refractivity contribution < 1.29 is 22.7 Å². The second kappa shape index (κ2) is 17.6. The van der Waals surface area contributed by atoms with E-state index in [2.05, 4.69) is 21.2 Å². The van der Waals surface area contributed by atoms with E-state index in [1.165, 1.54) is 17.0 Å². The molecule has 4 aromatic carbocycles. The maximum absolute atomic E-state index is 14.8. The SMILES string of the molecule is CCOc1ccc(N(CC(=O)N(Cc2ccc(Cl)c(Cl)c2)[C@H](Cc2ccccc2)C(=O)NC2CCCCC2)S(=O)(=O)c2ccc(Br)cc2)cc1. The summed E-state index contributed by atoms with van der Waals surface area (Å²) in [5.41, 5.74) is 1.76. The molecule has 0 aromatic heterocycles. The molecule has 2 amide bonds. The van der Waals surface area contributed by atoms with Crippen molar-refractivity contribution in [1.82, 2.24) is 10.2 Å². The number of ether oxygens (including phenoxy) is 1. The quantitative estimate of drug-likeness (QED) is 0.138. The van der Waals surface area contributed by atoms with Crippen molar-refractivity contribution in [2.75, 3.05) is 17.5 Å². The van der Waals surface area contributed by atoms with Gasteiger partial charge in [-0.05, 0) is 91.6 Å². The molecule has 4 aromatic rings. The van der Waals surface area contributed by atoms with Crippen LogP contribution in [0.2, 0.25) is 10.0 Å². The molecule has 12 heteroatoms. The van der Waals surface area contributed by atoms with Crippen molar-refractivity contribution in [3.8, 4) is 5.75 Å². The van der Waals surface area contributed by atoms with Crippen LogP contribution in [0.1, 0.15) is 50.2 Å². The fourth-order valence-electron chi connectivity index (χ4n) is 6.07. The van der Waals surface area contributed by atoms with Crippen LogP contribution in [0.4, 0.5) is 5.69 Å². The number of amides is 2. The summed E-state index contributed by atoms with van der Waals surface area (Å²) < 4.78 is 36.0. The molecule has 1 fully saturated rings. The Morgan fingerprint density at radius 1 is 0.880 bits per heavy atom. The van der Waals surface area contributed by atoms with Crippen LogP contribution in [0.25, 0.3) is 0 Å². The van der Waals surface area contributed by atoms with Crippen molar-refractivity contribution in [3.63, 3.8) is 0 Å². The van der Waals surface area contributed by atoms with Gasteiger partial charge in [-0.25, -0.2) is 8.42 Å². The number of rotatable bonds is 14. The fourth-order valence-corrected chi connectivity index (χ4v) is 8.07. The lowest BCUT2D eigenvalue weighted by Crippen LogP contribution is -2.55. The molecule has 1 atom stereocenters. The van der Waals surface area contributed by atoms with Gasteiger partial charge in [0.15, 0.2) is 0 Å². The molecule has 1 aliphatic carbocycles. The molecule has 0 bridgehead atoms. The third-order valence-electron chi connectivity index (χ3n) is 8.68. The maximum Gasteiger partial charge on any atom is 0.264 e. The summed E-state index contributed by atoms with van der Waals surface area (Å²) in [7, 11) is -4.25. The predicted molar refractivity (Wildman–Crippen MR) is 202 cm³/mol. The third-order valence-corrected chi connectivity index (χ3v) is 11.7. The highest BCUT2D eigenvalue weighted by Gasteiger charge is 2.35. The van der Waals surface area contributed by atoms with Gasteiger partial charge in [0.05, 0.1) is 27.2 Å². The standard InChI is InChI=1S/C38H40BrCl2N3O5S/c1-2-49-32-18-16-31(17-19-32)44(50(47,48)33-20-14-29(39)15-21-33)26-37(45)43(25-28-13-22-34(40)35(41)23-28)36(24-27-9-5-3-6-10-27)38(46)42-30-11-7-4-8-12-30/h3,5-6,9-10,13-23,30,36H,2,4,7-8,11-12,24-26H2,1H3,(H,42,46)/t36-/m1/s1. The number of carbonyl (C=O) groups excluding carboxylic acids is 2. The van der Waals surface area contributed by atoms with Crippen LogP contribution in [-0.2, 0) is 32.6 Å². The first-order chi connectivity index (χ1) is 24.0. The zero-order valence-corrected chi connectivity index (χ0v) is 31.6. The largest absolute Gasteiger partial charge is 0.494 e. The highest BCUT2D eigenvalue weighted by atomic mass is 79.9. The Morgan fingerprint density at radius 2 is 1.56 bits per heavy atom. The van der Waals surface area contributed by atoms with Gasteiger partial charge in [-0.1, -0.05) is 94.8 Å². The van der Waals surface area contributed by atoms with E-state index in [-0.39, 0.29) is 35.5 Å². The molecule has 8 nitrogen and oxygen atoms in total. The fraction of sp³-hybridized carbons (Fsp3) is 0.316. The second-order valence-corrected chi connectivity index (χ2v) is 15.8. The molecule has 0 aliphatic heterocycles. The van der Waals surface area contributed by atoms with Gasteiger partial charge >= 0.3 is 0 Å². The number of benzene rings is 4. The van der Waals surface area contributed by atoms with E-state index in [1.54, 1.807) is 54.6 Å². The van der Waals surface area contributed by atoms with Crippen LogP contribution in [0, 0.1) is 0 Å². The molecule has 0 radical (unpaired) electrons. The summed E-state index contributed by atoms with van der Waals surface area (Å²) in [6.07, 6.45) is 5.10. The maximum atomic E-state index is 14.8. The molecule has 1 aliphatic rings. The number of carbonyl (C=O) groups is 2. The average molecular weight is 802 g/mol. The molecule has 0 unspecified atom stereocenters. The normalized spacial score (nSPS) is 14.1. The van der Waals surface area contributed by atoms with Crippen LogP contribution in [0.3, 0.4) is 0 Å². The van der Waals surface area contributed by atoms with Crippen molar-refractivity contribution in [2.24, 2.45) is 0 Å². The molecule has 0 heterocycles. The van der Waals surface area contributed by atoms with Crippen LogP contribution in [-0.4, -0.2) is 50.4 Å². The smallest absolute Gasteiger partial charge is 0.264 e. The minimum absolute atomic E-state index is 0.00501. The summed E-state index contributed by atoms with van der Waals surface area (Å²) in [5, 5.41) is 3.87. The number of nitrogens with zero attached hydrogens (tertiary/aromatic N) is 2. The van der Waals surface area contributed by atoms with E-state index < -0.39 is 28.5 Å². The van der Waals surface area contributed by atoms with E-state index in [0.29, 0.717) is 32.4 Å². The van der Waals surface area contributed by atoms with Gasteiger partial charge in [0.2, 0.25) is 11.8 Å². The number of sulfonamides is 1. The molecular weight excluding hydrogens is 761 g/mol. The predicted octanol–water partition coefficient (Wildman–Crippen LogP) is 8.44. The second-order valence-electron chi connectivity index (χ2n) is 12.2. The van der Waals surface area contributed by atoms with Crippen LogP contribution in [0.5, 0.6) is 5.75 Å². The Labute approximate surface area is 312 Å². The van der Waals surface area contributed by atoms with Gasteiger partial charge in [0.25, 0.3) is 10.0 Å². The Hall–Kier alpha value is -3.57. The van der Waals surface area contributed by atoms with Crippen LogP contribution >= 0.6 is 39.1 Å². The molecule has 1 saturated carbocycles.